The molecule has 0 amide bonds. The molecule has 0 radical (unpaired) electrons. The van der Waals surface area contributed by atoms with E-state index in [0.29, 0.717) is 5.41 Å². The highest BCUT2D eigenvalue weighted by Gasteiger charge is 2.39. The minimum absolute atomic E-state index is 0.454. The van der Waals surface area contributed by atoms with E-state index in [1.54, 1.807) is 5.56 Å². The van der Waals surface area contributed by atoms with Gasteiger partial charge in [0.2, 0.25) is 0 Å². The van der Waals surface area contributed by atoms with E-state index in [1.165, 1.54) is 44.1 Å². The molecule has 2 unspecified atom stereocenters. The first-order valence-electron chi connectivity index (χ1n) is 9.02. The summed E-state index contributed by atoms with van der Waals surface area (Å²) in [7, 11) is 0. The SMILES string of the molecule is Cc1ccc(C2CCC([C@H](C)CC3CC3)CC2(C)C)cc1. The predicted molar refractivity (Wildman–Crippen MR) is 91.5 cm³/mol. The molecule has 2 aliphatic rings. The van der Waals surface area contributed by atoms with Gasteiger partial charge in [0.25, 0.3) is 0 Å². The molecule has 3 rings (SSSR count). The number of hydrogen-bond donors (Lipinski definition) is 0. The van der Waals surface area contributed by atoms with Crippen LogP contribution in [0.15, 0.2) is 24.3 Å². The Balaban J connectivity index is 1.67. The van der Waals surface area contributed by atoms with E-state index in [2.05, 4.69) is 52.0 Å². The third-order valence-electron chi connectivity index (χ3n) is 6.24. The van der Waals surface area contributed by atoms with Gasteiger partial charge in [-0.05, 0) is 67.3 Å². The molecule has 1 aromatic rings. The number of aryl methyl sites for hydroxylation is 1. The van der Waals surface area contributed by atoms with E-state index < -0.39 is 0 Å². The topological polar surface area (TPSA) is 0 Å². The van der Waals surface area contributed by atoms with Gasteiger partial charge in [-0.15, -0.1) is 0 Å². The van der Waals surface area contributed by atoms with E-state index >= 15 is 0 Å². The molecule has 0 nitrogen and oxygen atoms in total. The van der Waals surface area contributed by atoms with Gasteiger partial charge < -0.3 is 0 Å². The molecule has 0 heterocycles. The molecular formula is C21H32. The van der Waals surface area contributed by atoms with Crippen LogP contribution in [0.5, 0.6) is 0 Å². The summed E-state index contributed by atoms with van der Waals surface area (Å²) in [6.45, 7) is 9.72. The first-order valence-corrected chi connectivity index (χ1v) is 9.02. The largest absolute Gasteiger partial charge is 0.0622 e. The van der Waals surface area contributed by atoms with Crippen molar-refractivity contribution in [2.45, 2.75) is 72.1 Å². The molecule has 2 saturated carbocycles. The van der Waals surface area contributed by atoms with Gasteiger partial charge in [0.05, 0.1) is 0 Å². The maximum Gasteiger partial charge on any atom is -0.0110 e. The summed E-state index contributed by atoms with van der Waals surface area (Å²) < 4.78 is 0. The fraction of sp³-hybridized carbons (Fsp3) is 0.714. The maximum atomic E-state index is 2.52. The zero-order valence-corrected chi connectivity index (χ0v) is 14.4. The van der Waals surface area contributed by atoms with Crippen molar-refractivity contribution in [1.82, 2.24) is 0 Å². The van der Waals surface area contributed by atoms with Gasteiger partial charge in [-0.2, -0.15) is 0 Å². The van der Waals surface area contributed by atoms with Crippen LogP contribution < -0.4 is 0 Å². The molecule has 0 heteroatoms. The fourth-order valence-corrected chi connectivity index (χ4v) is 4.67. The van der Waals surface area contributed by atoms with Crippen molar-refractivity contribution < 1.29 is 0 Å². The van der Waals surface area contributed by atoms with Gasteiger partial charge in [-0.25, -0.2) is 0 Å². The molecule has 2 aliphatic carbocycles. The van der Waals surface area contributed by atoms with Gasteiger partial charge >= 0.3 is 0 Å². The molecule has 21 heavy (non-hydrogen) atoms. The lowest BCUT2D eigenvalue weighted by atomic mass is 9.60. The highest BCUT2D eigenvalue weighted by molar-refractivity contribution is 5.26. The third-order valence-corrected chi connectivity index (χ3v) is 6.24. The second-order valence-corrected chi connectivity index (χ2v) is 8.65. The van der Waals surface area contributed by atoms with Crippen LogP contribution in [0.2, 0.25) is 0 Å². The van der Waals surface area contributed by atoms with E-state index in [9.17, 15) is 0 Å². The average molecular weight is 284 g/mol. The van der Waals surface area contributed by atoms with Crippen LogP contribution in [-0.4, -0.2) is 0 Å². The molecule has 0 aromatic heterocycles. The Bertz CT molecular complexity index is 463. The molecule has 0 N–H and O–H groups in total. The maximum absolute atomic E-state index is 2.52. The summed E-state index contributed by atoms with van der Waals surface area (Å²) in [5.74, 6) is 3.73. The summed E-state index contributed by atoms with van der Waals surface area (Å²) in [4.78, 5) is 0. The Morgan fingerprint density at radius 3 is 2.29 bits per heavy atom. The lowest BCUT2D eigenvalue weighted by molar-refractivity contribution is 0.107. The van der Waals surface area contributed by atoms with Crippen molar-refractivity contribution in [2.75, 3.05) is 0 Å². The van der Waals surface area contributed by atoms with Gasteiger partial charge in [-0.3, -0.25) is 0 Å². The second-order valence-electron chi connectivity index (χ2n) is 8.65. The summed E-state index contributed by atoms with van der Waals surface area (Å²) in [5, 5.41) is 0. The van der Waals surface area contributed by atoms with Crippen LogP contribution in [0, 0.1) is 30.1 Å². The highest BCUT2D eigenvalue weighted by atomic mass is 14.4. The van der Waals surface area contributed by atoms with Crippen molar-refractivity contribution in [1.29, 1.82) is 0 Å². The highest BCUT2D eigenvalue weighted by Crippen LogP contribution is 2.52. The Morgan fingerprint density at radius 2 is 1.71 bits per heavy atom. The van der Waals surface area contributed by atoms with Crippen molar-refractivity contribution in [2.24, 2.45) is 23.2 Å². The molecular weight excluding hydrogens is 252 g/mol. The minimum atomic E-state index is 0.454. The van der Waals surface area contributed by atoms with Gasteiger partial charge in [0.1, 0.15) is 0 Å². The van der Waals surface area contributed by atoms with E-state index in [1.807, 2.05) is 0 Å². The summed E-state index contributed by atoms with van der Waals surface area (Å²) in [6.07, 6.45) is 8.75. The third kappa shape index (κ3) is 3.52. The molecule has 0 spiro atoms. The Kier molecular flexibility index (Phi) is 4.17. The number of hydrogen-bond acceptors (Lipinski definition) is 0. The fourth-order valence-electron chi connectivity index (χ4n) is 4.67. The van der Waals surface area contributed by atoms with Crippen LogP contribution in [0.1, 0.15) is 76.3 Å². The average Bonchev–Trinajstić information content (AvgIpc) is 3.23. The molecule has 0 aliphatic heterocycles. The van der Waals surface area contributed by atoms with Crippen LogP contribution in [0.3, 0.4) is 0 Å². The Hall–Kier alpha value is -0.780. The van der Waals surface area contributed by atoms with Crippen LogP contribution in [0.25, 0.3) is 0 Å². The van der Waals surface area contributed by atoms with E-state index in [4.69, 9.17) is 0 Å². The molecule has 116 valence electrons. The summed E-state index contributed by atoms with van der Waals surface area (Å²) in [6, 6.07) is 9.31. The normalized spacial score (nSPS) is 30.1. The standard InChI is InChI=1S/C21H32/c1-15-5-9-18(10-6-15)20-12-11-19(14-21(20,3)4)16(2)13-17-7-8-17/h5-6,9-10,16-17,19-20H,7-8,11-14H2,1-4H3/t16-,19?,20?/m1/s1. The number of benzene rings is 1. The first-order chi connectivity index (χ1) is 9.95. The predicted octanol–water partition coefficient (Wildman–Crippen LogP) is 6.34. The van der Waals surface area contributed by atoms with E-state index in [0.717, 1.165) is 23.7 Å². The molecule has 2 fully saturated rings. The van der Waals surface area contributed by atoms with Gasteiger partial charge in [-0.1, -0.05) is 63.4 Å². The monoisotopic (exact) mass is 284 g/mol. The molecule has 1 aromatic carbocycles. The van der Waals surface area contributed by atoms with E-state index in [-0.39, 0.29) is 0 Å². The Labute approximate surface area is 131 Å². The quantitative estimate of drug-likeness (QED) is 0.605. The first kappa shape index (κ1) is 15.1. The summed E-state index contributed by atoms with van der Waals surface area (Å²) >= 11 is 0. The van der Waals surface area contributed by atoms with Crippen molar-refractivity contribution in [3.05, 3.63) is 35.4 Å². The van der Waals surface area contributed by atoms with Crippen molar-refractivity contribution in [3.8, 4) is 0 Å². The van der Waals surface area contributed by atoms with Gasteiger partial charge in [0.15, 0.2) is 0 Å². The van der Waals surface area contributed by atoms with Crippen LogP contribution >= 0.6 is 0 Å². The molecule has 3 atom stereocenters. The van der Waals surface area contributed by atoms with Crippen molar-refractivity contribution >= 4 is 0 Å². The lowest BCUT2D eigenvalue weighted by Gasteiger charge is -2.45. The van der Waals surface area contributed by atoms with Crippen LogP contribution in [0.4, 0.5) is 0 Å². The van der Waals surface area contributed by atoms with Gasteiger partial charge in [0, 0.05) is 0 Å². The number of rotatable bonds is 4. The minimum Gasteiger partial charge on any atom is -0.0622 e. The zero-order chi connectivity index (χ0) is 15.0. The lowest BCUT2D eigenvalue weighted by Crippen LogP contribution is -2.33. The molecule has 0 saturated heterocycles. The Morgan fingerprint density at radius 1 is 1.05 bits per heavy atom. The second kappa shape index (κ2) is 5.78. The van der Waals surface area contributed by atoms with Crippen molar-refractivity contribution in [3.63, 3.8) is 0 Å². The zero-order valence-electron chi connectivity index (χ0n) is 14.4. The summed E-state index contributed by atoms with van der Waals surface area (Å²) in [5.41, 5.74) is 3.40. The molecule has 0 bridgehead atoms. The smallest absolute Gasteiger partial charge is 0.0110 e. The van der Waals surface area contributed by atoms with Crippen LogP contribution in [-0.2, 0) is 0 Å².